The molecule has 10 heavy (non-hydrogen) atoms. The van der Waals surface area contributed by atoms with Crippen molar-refractivity contribution in [3.63, 3.8) is 0 Å². The first-order valence-electron chi connectivity index (χ1n) is 4.30. The smallest absolute Gasteiger partial charge is 0.0693 e. The number of aliphatic hydroxyl groups is 1. The van der Waals surface area contributed by atoms with Gasteiger partial charge in [-0.2, -0.15) is 0 Å². The maximum atomic E-state index is 9.40. The molecule has 0 aliphatic heterocycles. The Morgan fingerprint density at radius 1 is 1.10 bits per heavy atom. The van der Waals surface area contributed by atoms with Crippen LogP contribution in [0.4, 0.5) is 0 Å². The van der Waals surface area contributed by atoms with Crippen molar-refractivity contribution in [1.82, 2.24) is 5.32 Å². The minimum absolute atomic E-state index is 0.0550. The SMILES string of the molecule is OC1CCCC1NC1CC1. The minimum atomic E-state index is -0.0550. The van der Waals surface area contributed by atoms with E-state index in [1.165, 1.54) is 25.7 Å². The lowest BCUT2D eigenvalue weighted by Crippen LogP contribution is -2.36. The van der Waals surface area contributed by atoms with Gasteiger partial charge in [-0.05, 0) is 32.1 Å². The Morgan fingerprint density at radius 2 is 1.90 bits per heavy atom. The molecule has 2 fully saturated rings. The molecule has 0 amide bonds. The second kappa shape index (κ2) is 2.51. The van der Waals surface area contributed by atoms with Crippen LogP contribution in [0, 0.1) is 0 Å². The van der Waals surface area contributed by atoms with Crippen LogP contribution in [0.5, 0.6) is 0 Å². The summed E-state index contributed by atoms with van der Waals surface area (Å²) in [6.45, 7) is 0. The zero-order valence-electron chi connectivity index (χ0n) is 6.21. The Labute approximate surface area is 61.6 Å². The van der Waals surface area contributed by atoms with Crippen LogP contribution in [0.25, 0.3) is 0 Å². The Bertz CT molecular complexity index is 122. The van der Waals surface area contributed by atoms with Gasteiger partial charge in [0.15, 0.2) is 0 Å². The van der Waals surface area contributed by atoms with Crippen molar-refractivity contribution in [3.05, 3.63) is 0 Å². The highest BCUT2D eigenvalue weighted by Gasteiger charge is 2.30. The Hall–Kier alpha value is -0.0800. The fourth-order valence-electron chi connectivity index (χ4n) is 1.69. The van der Waals surface area contributed by atoms with Crippen LogP contribution in [0.1, 0.15) is 32.1 Å². The van der Waals surface area contributed by atoms with Crippen molar-refractivity contribution in [2.75, 3.05) is 0 Å². The third-order valence-electron chi connectivity index (χ3n) is 2.51. The molecular weight excluding hydrogens is 126 g/mol. The summed E-state index contributed by atoms with van der Waals surface area (Å²) in [6.07, 6.45) is 5.97. The van der Waals surface area contributed by atoms with E-state index in [0.29, 0.717) is 6.04 Å². The predicted molar refractivity (Wildman–Crippen MR) is 39.8 cm³/mol. The van der Waals surface area contributed by atoms with Crippen LogP contribution < -0.4 is 5.32 Å². The molecule has 2 saturated carbocycles. The maximum absolute atomic E-state index is 9.40. The molecule has 2 aliphatic rings. The molecule has 2 unspecified atom stereocenters. The summed E-state index contributed by atoms with van der Waals surface area (Å²) in [7, 11) is 0. The normalized spacial score (nSPS) is 40.5. The molecule has 2 aliphatic carbocycles. The van der Waals surface area contributed by atoms with E-state index < -0.39 is 0 Å². The maximum Gasteiger partial charge on any atom is 0.0693 e. The average molecular weight is 141 g/mol. The highest BCUT2D eigenvalue weighted by Crippen LogP contribution is 2.25. The Morgan fingerprint density at radius 3 is 2.40 bits per heavy atom. The van der Waals surface area contributed by atoms with E-state index in [1.807, 2.05) is 0 Å². The first kappa shape index (κ1) is 6.62. The molecule has 2 nitrogen and oxygen atoms in total. The zero-order chi connectivity index (χ0) is 6.97. The fraction of sp³-hybridized carbons (Fsp3) is 1.00. The van der Waals surface area contributed by atoms with Gasteiger partial charge in [0.05, 0.1) is 6.10 Å². The number of hydrogen-bond acceptors (Lipinski definition) is 2. The summed E-state index contributed by atoms with van der Waals surface area (Å²) in [4.78, 5) is 0. The van der Waals surface area contributed by atoms with Crippen molar-refractivity contribution in [2.45, 2.75) is 50.3 Å². The molecule has 0 saturated heterocycles. The van der Waals surface area contributed by atoms with Gasteiger partial charge in [0.25, 0.3) is 0 Å². The molecule has 2 rings (SSSR count). The van der Waals surface area contributed by atoms with Gasteiger partial charge in [0.2, 0.25) is 0 Å². The molecule has 2 heteroatoms. The molecular formula is C8H15NO. The lowest BCUT2D eigenvalue weighted by molar-refractivity contribution is 0.148. The van der Waals surface area contributed by atoms with Crippen molar-refractivity contribution >= 4 is 0 Å². The quantitative estimate of drug-likeness (QED) is 0.592. The average Bonchev–Trinajstić information content (AvgIpc) is 2.62. The molecule has 0 spiro atoms. The zero-order valence-corrected chi connectivity index (χ0v) is 6.21. The summed E-state index contributed by atoms with van der Waals surface area (Å²) in [6, 6.07) is 1.17. The molecule has 2 N–H and O–H groups in total. The van der Waals surface area contributed by atoms with E-state index in [-0.39, 0.29) is 6.10 Å². The number of nitrogens with one attached hydrogen (secondary N) is 1. The van der Waals surface area contributed by atoms with E-state index in [2.05, 4.69) is 5.32 Å². The monoisotopic (exact) mass is 141 g/mol. The lowest BCUT2D eigenvalue weighted by atomic mass is 10.2. The van der Waals surface area contributed by atoms with Gasteiger partial charge in [-0.25, -0.2) is 0 Å². The summed E-state index contributed by atoms with van der Waals surface area (Å²) in [5.41, 5.74) is 0. The third kappa shape index (κ3) is 1.32. The highest BCUT2D eigenvalue weighted by atomic mass is 16.3. The summed E-state index contributed by atoms with van der Waals surface area (Å²) in [5, 5.41) is 12.9. The second-order valence-electron chi connectivity index (χ2n) is 3.55. The van der Waals surface area contributed by atoms with Crippen LogP contribution in [-0.2, 0) is 0 Å². The fourth-order valence-corrected chi connectivity index (χ4v) is 1.69. The van der Waals surface area contributed by atoms with Gasteiger partial charge in [-0.1, -0.05) is 0 Å². The summed E-state index contributed by atoms with van der Waals surface area (Å²) in [5.74, 6) is 0. The standard InChI is InChI=1S/C8H15NO/c10-8-3-1-2-7(8)9-6-4-5-6/h6-10H,1-5H2. The van der Waals surface area contributed by atoms with Crippen molar-refractivity contribution < 1.29 is 5.11 Å². The summed E-state index contributed by atoms with van der Waals surface area (Å²) >= 11 is 0. The number of hydrogen-bond donors (Lipinski definition) is 2. The van der Waals surface area contributed by atoms with Gasteiger partial charge in [-0.3, -0.25) is 0 Å². The van der Waals surface area contributed by atoms with Crippen LogP contribution in [0.15, 0.2) is 0 Å². The molecule has 0 heterocycles. The van der Waals surface area contributed by atoms with E-state index in [4.69, 9.17) is 0 Å². The molecule has 58 valence electrons. The van der Waals surface area contributed by atoms with E-state index in [0.717, 1.165) is 12.5 Å². The second-order valence-corrected chi connectivity index (χ2v) is 3.55. The van der Waals surface area contributed by atoms with Crippen LogP contribution >= 0.6 is 0 Å². The van der Waals surface area contributed by atoms with E-state index in [9.17, 15) is 5.11 Å². The number of aliphatic hydroxyl groups excluding tert-OH is 1. The van der Waals surface area contributed by atoms with Crippen LogP contribution in [0.3, 0.4) is 0 Å². The molecule has 2 atom stereocenters. The predicted octanol–water partition coefficient (Wildman–Crippen LogP) is 0.652. The highest BCUT2D eigenvalue weighted by molar-refractivity contribution is 4.90. The minimum Gasteiger partial charge on any atom is -0.392 e. The largest absolute Gasteiger partial charge is 0.392 e. The first-order chi connectivity index (χ1) is 4.86. The van der Waals surface area contributed by atoms with Crippen LogP contribution in [-0.4, -0.2) is 23.3 Å². The van der Waals surface area contributed by atoms with Gasteiger partial charge in [-0.15, -0.1) is 0 Å². The molecule has 0 aromatic heterocycles. The Balaban J connectivity index is 1.79. The van der Waals surface area contributed by atoms with Crippen molar-refractivity contribution in [2.24, 2.45) is 0 Å². The first-order valence-corrected chi connectivity index (χ1v) is 4.30. The number of rotatable bonds is 2. The van der Waals surface area contributed by atoms with Gasteiger partial charge in [0.1, 0.15) is 0 Å². The molecule has 0 radical (unpaired) electrons. The van der Waals surface area contributed by atoms with Crippen molar-refractivity contribution in [3.8, 4) is 0 Å². The van der Waals surface area contributed by atoms with Gasteiger partial charge >= 0.3 is 0 Å². The van der Waals surface area contributed by atoms with Gasteiger partial charge < -0.3 is 10.4 Å². The summed E-state index contributed by atoms with van der Waals surface area (Å²) < 4.78 is 0. The Kier molecular flexibility index (Phi) is 1.66. The third-order valence-corrected chi connectivity index (χ3v) is 2.51. The molecule has 0 aromatic carbocycles. The molecule has 0 bridgehead atoms. The van der Waals surface area contributed by atoms with E-state index >= 15 is 0 Å². The van der Waals surface area contributed by atoms with Gasteiger partial charge in [0, 0.05) is 12.1 Å². The molecule has 0 aromatic rings. The topological polar surface area (TPSA) is 32.3 Å². The van der Waals surface area contributed by atoms with Crippen LogP contribution in [0.2, 0.25) is 0 Å². The van der Waals surface area contributed by atoms with E-state index in [1.54, 1.807) is 0 Å². The van der Waals surface area contributed by atoms with Crippen molar-refractivity contribution in [1.29, 1.82) is 0 Å². The lowest BCUT2D eigenvalue weighted by Gasteiger charge is -2.15.